The molecule has 0 spiro atoms. The molecule has 0 saturated heterocycles. The maximum Gasteiger partial charge on any atom is 0.146 e. The van der Waals surface area contributed by atoms with Gasteiger partial charge in [0.25, 0.3) is 0 Å². The van der Waals surface area contributed by atoms with Gasteiger partial charge >= 0.3 is 0 Å². The second kappa shape index (κ2) is 4.35. The molecule has 2 rings (SSSR count). The molecule has 0 N–H and O–H groups in total. The Balaban J connectivity index is 1.95. The highest BCUT2D eigenvalue weighted by atomic mass is 35.5. The summed E-state index contributed by atoms with van der Waals surface area (Å²) in [5.74, 6) is 3.08. The number of alkyl halides is 1. The number of hydrogen-bond acceptors (Lipinski definition) is 3. The predicted molar refractivity (Wildman–Crippen MR) is 62.1 cm³/mol. The summed E-state index contributed by atoms with van der Waals surface area (Å²) in [5, 5.41) is 0. The molecule has 1 aliphatic carbocycles. The first-order chi connectivity index (χ1) is 7.20. The molecule has 0 aromatic carbocycles. The van der Waals surface area contributed by atoms with Crippen LogP contribution in [0.1, 0.15) is 19.0 Å². The zero-order valence-corrected chi connectivity index (χ0v) is 9.91. The van der Waals surface area contributed by atoms with E-state index < -0.39 is 0 Å². The molecular weight excluding hydrogens is 210 g/mol. The first kappa shape index (κ1) is 10.7. The molecule has 4 heteroatoms. The summed E-state index contributed by atoms with van der Waals surface area (Å²) in [4.78, 5) is 10.7. The first-order valence-corrected chi connectivity index (χ1v) is 5.82. The van der Waals surface area contributed by atoms with Crippen molar-refractivity contribution in [2.75, 3.05) is 18.5 Å². The molecule has 2 atom stereocenters. The van der Waals surface area contributed by atoms with Gasteiger partial charge in [0.15, 0.2) is 0 Å². The van der Waals surface area contributed by atoms with Crippen LogP contribution in [0.15, 0.2) is 12.4 Å². The fraction of sp³-hybridized carbons (Fsp3) is 0.636. The number of hydrogen-bond donors (Lipinski definition) is 0. The lowest BCUT2D eigenvalue weighted by Crippen LogP contribution is -2.21. The van der Waals surface area contributed by atoms with E-state index in [-0.39, 0.29) is 0 Å². The average Bonchev–Trinajstić information content (AvgIpc) is 2.94. The molecule has 82 valence electrons. The zero-order chi connectivity index (χ0) is 10.8. The van der Waals surface area contributed by atoms with E-state index in [2.05, 4.69) is 28.8 Å². The maximum atomic E-state index is 5.66. The van der Waals surface area contributed by atoms with Gasteiger partial charge in [0.2, 0.25) is 0 Å². The standard InChI is InChI=1S/C11H16ClN3/c1-8-3-9(8)7-15(2)11-6-13-10(4-12)5-14-11/h5-6,8-9H,3-4,7H2,1-2H3. The molecule has 0 bridgehead atoms. The number of anilines is 1. The highest BCUT2D eigenvalue weighted by molar-refractivity contribution is 6.16. The van der Waals surface area contributed by atoms with Crippen LogP contribution >= 0.6 is 11.6 Å². The summed E-state index contributed by atoms with van der Waals surface area (Å²) >= 11 is 5.66. The predicted octanol–water partition coefficient (Wildman–Crippen LogP) is 2.31. The fourth-order valence-corrected chi connectivity index (χ4v) is 1.85. The van der Waals surface area contributed by atoms with Crippen molar-refractivity contribution in [3.05, 3.63) is 18.1 Å². The zero-order valence-electron chi connectivity index (χ0n) is 9.15. The van der Waals surface area contributed by atoms with Crippen molar-refractivity contribution >= 4 is 17.4 Å². The minimum absolute atomic E-state index is 0.427. The molecule has 15 heavy (non-hydrogen) atoms. The van der Waals surface area contributed by atoms with Crippen molar-refractivity contribution in [1.29, 1.82) is 0 Å². The van der Waals surface area contributed by atoms with Crippen LogP contribution in [-0.4, -0.2) is 23.6 Å². The van der Waals surface area contributed by atoms with Gasteiger partial charge in [-0.05, 0) is 18.3 Å². The Morgan fingerprint density at radius 1 is 1.47 bits per heavy atom. The van der Waals surface area contributed by atoms with Crippen LogP contribution < -0.4 is 4.90 Å². The van der Waals surface area contributed by atoms with Gasteiger partial charge in [0, 0.05) is 13.6 Å². The van der Waals surface area contributed by atoms with E-state index in [9.17, 15) is 0 Å². The van der Waals surface area contributed by atoms with Crippen LogP contribution in [0.3, 0.4) is 0 Å². The van der Waals surface area contributed by atoms with E-state index in [1.54, 1.807) is 12.4 Å². The minimum atomic E-state index is 0.427. The molecule has 0 aliphatic heterocycles. The molecule has 1 aromatic rings. The fourth-order valence-electron chi connectivity index (χ4n) is 1.71. The molecule has 1 heterocycles. The van der Waals surface area contributed by atoms with E-state index >= 15 is 0 Å². The van der Waals surface area contributed by atoms with Gasteiger partial charge in [-0.25, -0.2) is 4.98 Å². The third-order valence-electron chi connectivity index (χ3n) is 3.00. The van der Waals surface area contributed by atoms with Crippen molar-refractivity contribution in [2.45, 2.75) is 19.2 Å². The Labute approximate surface area is 95.5 Å². The molecule has 1 aliphatic rings. The van der Waals surface area contributed by atoms with Gasteiger partial charge in [-0.2, -0.15) is 0 Å². The second-order valence-corrected chi connectivity index (χ2v) is 4.62. The lowest BCUT2D eigenvalue weighted by atomic mass is 10.3. The third kappa shape index (κ3) is 2.59. The Morgan fingerprint density at radius 3 is 2.67 bits per heavy atom. The Morgan fingerprint density at radius 2 is 2.20 bits per heavy atom. The van der Waals surface area contributed by atoms with Crippen molar-refractivity contribution in [2.24, 2.45) is 11.8 Å². The SMILES string of the molecule is CC1CC1CN(C)c1cnc(CCl)cn1. The topological polar surface area (TPSA) is 29.0 Å². The van der Waals surface area contributed by atoms with E-state index in [4.69, 9.17) is 11.6 Å². The number of aromatic nitrogens is 2. The number of nitrogens with zero attached hydrogens (tertiary/aromatic N) is 3. The molecule has 0 amide bonds. The Hall–Kier alpha value is -0.830. The monoisotopic (exact) mass is 225 g/mol. The summed E-state index contributed by atoms with van der Waals surface area (Å²) in [6, 6.07) is 0. The largest absolute Gasteiger partial charge is 0.358 e. The van der Waals surface area contributed by atoms with Crippen LogP contribution in [0.25, 0.3) is 0 Å². The molecule has 3 nitrogen and oxygen atoms in total. The van der Waals surface area contributed by atoms with Crippen molar-refractivity contribution < 1.29 is 0 Å². The lowest BCUT2D eigenvalue weighted by molar-refractivity contribution is 0.717. The van der Waals surface area contributed by atoms with Gasteiger partial charge in [-0.1, -0.05) is 6.92 Å². The van der Waals surface area contributed by atoms with Crippen LogP contribution in [0, 0.1) is 11.8 Å². The number of halogens is 1. The van der Waals surface area contributed by atoms with E-state index in [0.29, 0.717) is 5.88 Å². The van der Waals surface area contributed by atoms with Crippen molar-refractivity contribution in [1.82, 2.24) is 9.97 Å². The van der Waals surface area contributed by atoms with Gasteiger partial charge < -0.3 is 4.90 Å². The summed E-state index contributed by atoms with van der Waals surface area (Å²) in [6.45, 7) is 3.37. The molecule has 2 unspecified atom stereocenters. The molecule has 1 fully saturated rings. The Kier molecular flexibility index (Phi) is 3.10. The molecule has 0 radical (unpaired) electrons. The summed E-state index contributed by atoms with van der Waals surface area (Å²) in [6.07, 6.45) is 4.89. The lowest BCUT2D eigenvalue weighted by Gasteiger charge is -2.17. The third-order valence-corrected chi connectivity index (χ3v) is 3.28. The quantitative estimate of drug-likeness (QED) is 0.737. The van der Waals surface area contributed by atoms with Gasteiger partial charge in [-0.15, -0.1) is 11.6 Å². The average molecular weight is 226 g/mol. The second-order valence-electron chi connectivity index (χ2n) is 4.35. The van der Waals surface area contributed by atoms with Crippen molar-refractivity contribution in [3.8, 4) is 0 Å². The van der Waals surface area contributed by atoms with Crippen LogP contribution in [0.4, 0.5) is 5.82 Å². The molecule has 1 aromatic heterocycles. The van der Waals surface area contributed by atoms with E-state index in [1.165, 1.54) is 6.42 Å². The summed E-state index contributed by atoms with van der Waals surface area (Å²) in [7, 11) is 2.06. The van der Waals surface area contributed by atoms with Gasteiger partial charge in [0.1, 0.15) is 5.82 Å². The first-order valence-electron chi connectivity index (χ1n) is 5.28. The highest BCUT2D eigenvalue weighted by Gasteiger charge is 2.33. The maximum absolute atomic E-state index is 5.66. The Bertz CT molecular complexity index is 325. The van der Waals surface area contributed by atoms with Crippen molar-refractivity contribution in [3.63, 3.8) is 0 Å². The summed E-state index contributed by atoms with van der Waals surface area (Å²) < 4.78 is 0. The number of rotatable bonds is 4. The highest BCUT2D eigenvalue weighted by Crippen LogP contribution is 2.38. The summed E-state index contributed by atoms with van der Waals surface area (Å²) in [5.41, 5.74) is 0.827. The molecular formula is C11H16ClN3. The van der Waals surface area contributed by atoms with Crippen LogP contribution in [0.2, 0.25) is 0 Å². The molecule has 1 saturated carbocycles. The van der Waals surface area contributed by atoms with Gasteiger partial charge in [-0.3, -0.25) is 4.98 Å². The normalized spacial score (nSPS) is 23.9. The van der Waals surface area contributed by atoms with Gasteiger partial charge in [0.05, 0.1) is 24.0 Å². The smallest absolute Gasteiger partial charge is 0.146 e. The van der Waals surface area contributed by atoms with Crippen LogP contribution in [0.5, 0.6) is 0 Å². The van der Waals surface area contributed by atoms with E-state index in [0.717, 1.165) is 29.9 Å². The van der Waals surface area contributed by atoms with E-state index in [1.807, 2.05) is 0 Å². The van der Waals surface area contributed by atoms with Crippen LogP contribution in [-0.2, 0) is 5.88 Å². The minimum Gasteiger partial charge on any atom is -0.358 e.